The van der Waals surface area contributed by atoms with Crippen LogP contribution in [0.1, 0.15) is 18.9 Å². The maximum Gasteiger partial charge on any atom is 0.0634 e. The topological polar surface area (TPSA) is 29.5 Å². The predicted octanol–water partition coefficient (Wildman–Crippen LogP) is 3.32. The van der Waals surface area contributed by atoms with Crippen LogP contribution in [0.4, 0.5) is 0 Å². The van der Waals surface area contributed by atoms with Crippen molar-refractivity contribution in [3.63, 3.8) is 0 Å². The van der Waals surface area contributed by atoms with Crippen LogP contribution in [0.3, 0.4) is 0 Å². The van der Waals surface area contributed by atoms with Gasteiger partial charge in [0.25, 0.3) is 0 Å². The molecule has 94 valence electrons. The van der Waals surface area contributed by atoms with Gasteiger partial charge in [0.15, 0.2) is 0 Å². The molecule has 1 aliphatic heterocycles. The highest BCUT2D eigenvalue weighted by Gasteiger charge is 2.30. The lowest BCUT2D eigenvalue weighted by Gasteiger charge is -2.21. The summed E-state index contributed by atoms with van der Waals surface area (Å²) in [5.74, 6) is 0.196. The van der Waals surface area contributed by atoms with Gasteiger partial charge in [-0.3, -0.25) is 0 Å². The first-order valence-corrected chi connectivity index (χ1v) is 6.57. The third kappa shape index (κ3) is 3.14. The van der Waals surface area contributed by atoms with Crippen LogP contribution >= 0.6 is 23.2 Å². The average Bonchev–Trinajstić information content (AvgIpc) is 2.68. The van der Waals surface area contributed by atoms with E-state index in [0.29, 0.717) is 16.5 Å². The smallest absolute Gasteiger partial charge is 0.0634 e. The first-order valence-electron chi connectivity index (χ1n) is 5.81. The van der Waals surface area contributed by atoms with Gasteiger partial charge in [-0.25, -0.2) is 0 Å². The molecular weight excluding hydrogens is 259 g/mol. The van der Waals surface area contributed by atoms with E-state index in [0.717, 1.165) is 18.6 Å². The normalized spacial score (nSPS) is 26.1. The van der Waals surface area contributed by atoms with Gasteiger partial charge in [-0.15, -0.1) is 0 Å². The third-order valence-electron chi connectivity index (χ3n) is 3.37. The van der Waals surface area contributed by atoms with E-state index in [1.807, 2.05) is 13.0 Å². The number of aliphatic hydroxyl groups is 1. The third-order valence-corrected chi connectivity index (χ3v) is 3.96. The Morgan fingerprint density at radius 3 is 2.82 bits per heavy atom. The minimum atomic E-state index is -0.411. The molecular formula is C13H16Cl2O2. The number of ether oxygens (including phenoxy) is 1. The van der Waals surface area contributed by atoms with Gasteiger partial charge in [-0.2, -0.15) is 0 Å². The fraction of sp³-hybridized carbons (Fsp3) is 0.538. The summed E-state index contributed by atoms with van der Waals surface area (Å²) in [6.07, 6.45) is 1.17. The van der Waals surface area contributed by atoms with Crippen LogP contribution in [0, 0.1) is 5.92 Å². The van der Waals surface area contributed by atoms with Gasteiger partial charge >= 0.3 is 0 Å². The van der Waals surface area contributed by atoms with Crippen molar-refractivity contribution >= 4 is 23.2 Å². The van der Waals surface area contributed by atoms with Crippen LogP contribution in [-0.4, -0.2) is 23.9 Å². The molecule has 2 nitrogen and oxygen atoms in total. The van der Waals surface area contributed by atoms with E-state index in [1.54, 1.807) is 12.1 Å². The molecule has 1 aliphatic rings. The molecule has 0 aliphatic carbocycles. The van der Waals surface area contributed by atoms with Crippen molar-refractivity contribution < 1.29 is 9.84 Å². The minimum absolute atomic E-state index is 0.121. The molecule has 0 saturated carbocycles. The molecule has 1 aromatic rings. The van der Waals surface area contributed by atoms with E-state index >= 15 is 0 Å². The second-order valence-electron chi connectivity index (χ2n) is 4.54. The molecule has 0 spiro atoms. The van der Waals surface area contributed by atoms with Crippen LogP contribution < -0.4 is 0 Å². The molecule has 1 N–H and O–H groups in total. The first-order chi connectivity index (χ1) is 8.08. The van der Waals surface area contributed by atoms with E-state index < -0.39 is 6.10 Å². The SMILES string of the molecule is CC1OCCC1C(O)Cc1ccc(Cl)cc1Cl. The minimum Gasteiger partial charge on any atom is -0.392 e. The lowest BCUT2D eigenvalue weighted by Crippen LogP contribution is -2.28. The van der Waals surface area contributed by atoms with E-state index in [-0.39, 0.29) is 12.0 Å². The highest BCUT2D eigenvalue weighted by molar-refractivity contribution is 6.35. The Morgan fingerprint density at radius 1 is 1.47 bits per heavy atom. The summed E-state index contributed by atoms with van der Waals surface area (Å²) in [5, 5.41) is 11.4. The Labute approximate surface area is 111 Å². The number of aliphatic hydroxyl groups excluding tert-OH is 1. The summed E-state index contributed by atoms with van der Waals surface area (Å²) in [6, 6.07) is 5.37. The van der Waals surface area contributed by atoms with Crippen molar-refractivity contribution in [2.24, 2.45) is 5.92 Å². The van der Waals surface area contributed by atoms with Crippen molar-refractivity contribution in [3.05, 3.63) is 33.8 Å². The van der Waals surface area contributed by atoms with Crippen LogP contribution in [0.15, 0.2) is 18.2 Å². The second kappa shape index (κ2) is 5.57. The predicted molar refractivity (Wildman–Crippen MR) is 69.7 cm³/mol. The van der Waals surface area contributed by atoms with Crippen molar-refractivity contribution in [1.29, 1.82) is 0 Å². The van der Waals surface area contributed by atoms with Crippen LogP contribution in [0.25, 0.3) is 0 Å². The summed E-state index contributed by atoms with van der Waals surface area (Å²) in [4.78, 5) is 0. The first kappa shape index (κ1) is 13.2. The average molecular weight is 275 g/mol. The van der Waals surface area contributed by atoms with Crippen molar-refractivity contribution in [1.82, 2.24) is 0 Å². The Bertz CT molecular complexity index is 395. The summed E-state index contributed by atoms with van der Waals surface area (Å²) >= 11 is 11.9. The molecule has 0 bridgehead atoms. The Kier molecular flexibility index (Phi) is 4.31. The fourth-order valence-electron chi connectivity index (χ4n) is 2.32. The van der Waals surface area contributed by atoms with Crippen molar-refractivity contribution in [2.45, 2.75) is 32.0 Å². The highest BCUT2D eigenvalue weighted by atomic mass is 35.5. The Morgan fingerprint density at radius 2 is 2.24 bits per heavy atom. The van der Waals surface area contributed by atoms with Gasteiger partial charge in [0.05, 0.1) is 12.2 Å². The van der Waals surface area contributed by atoms with Crippen LogP contribution in [0.5, 0.6) is 0 Å². The lowest BCUT2D eigenvalue weighted by molar-refractivity contribution is 0.0441. The number of hydrogen-bond acceptors (Lipinski definition) is 2. The molecule has 1 saturated heterocycles. The van der Waals surface area contributed by atoms with Crippen LogP contribution in [0.2, 0.25) is 10.0 Å². The molecule has 3 atom stereocenters. The summed E-state index contributed by atoms with van der Waals surface area (Å²) < 4.78 is 5.46. The fourth-order valence-corrected chi connectivity index (χ4v) is 2.80. The highest BCUT2D eigenvalue weighted by Crippen LogP contribution is 2.28. The molecule has 0 radical (unpaired) electrons. The Balaban J connectivity index is 2.04. The zero-order valence-corrected chi connectivity index (χ0v) is 11.2. The molecule has 1 aromatic carbocycles. The van der Waals surface area contributed by atoms with Crippen LogP contribution in [-0.2, 0) is 11.2 Å². The van der Waals surface area contributed by atoms with Gasteiger partial charge < -0.3 is 9.84 Å². The second-order valence-corrected chi connectivity index (χ2v) is 5.38. The van der Waals surface area contributed by atoms with Gasteiger partial charge in [-0.05, 0) is 31.0 Å². The van der Waals surface area contributed by atoms with E-state index in [2.05, 4.69) is 0 Å². The quantitative estimate of drug-likeness (QED) is 0.917. The molecule has 4 heteroatoms. The number of benzene rings is 1. The van der Waals surface area contributed by atoms with E-state index in [4.69, 9.17) is 27.9 Å². The van der Waals surface area contributed by atoms with Crippen molar-refractivity contribution in [3.8, 4) is 0 Å². The summed E-state index contributed by atoms with van der Waals surface area (Å²) in [6.45, 7) is 2.74. The molecule has 1 fully saturated rings. The van der Waals surface area contributed by atoms with Gasteiger partial charge in [0.1, 0.15) is 0 Å². The summed E-state index contributed by atoms with van der Waals surface area (Å²) in [7, 11) is 0. The van der Waals surface area contributed by atoms with E-state index in [1.165, 1.54) is 0 Å². The number of rotatable bonds is 3. The molecule has 0 aromatic heterocycles. The molecule has 2 rings (SSSR count). The van der Waals surface area contributed by atoms with Gasteiger partial charge in [-0.1, -0.05) is 29.3 Å². The Hall–Kier alpha value is -0.280. The molecule has 3 unspecified atom stereocenters. The standard InChI is InChI=1S/C13H16Cl2O2/c1-8-11(4-5-17-8)13(16)6-9-2-3-10(14)7-12(9)15/h2-3,7-8,11,13,16H,4-6H2,1H3. The number of hydrogen-bond donors (Lipinski definition) is 1. The molecule has 17 heavy (non-hydrogen) atoms. The zero-order chi connectivity index (χ0) is 12.4. The molecule has 0 amide bonds. The number of halogens is 2. The zero-order valence-electron chi connectivity index (χ0n) is 9.70. The monoisotopic (exact) mass is 274 g/mol. The van der Waals surface area contributed by atoms with Gasteiger partial charge in [0, 0.05) is 29.0 Å². The van der Waals surface area contributed by atoms with Gasteiger partial charge in [0.2, 0.25) is 0 Å². The lowest BCUT2D eigenvalue weighted by atomic mass is 9.91. The summed E-state index contributed by atoms with van der Waals surface area (Å²) in [5.41, 5.74) is 0.933. The van der Waals surface area contributed by atoms with Crippen molar-refractivity contribution in [2.75, 3.05) is 6.61 Å². The largest absolute Gasteiger partial charge is 0.392 e. The maximum absolute atomic E-state index is 10.2. The maximum atomic E-state index is 10.2. The van der Waals surface area contributed by atoms with E-state index in [9.17, 15) is 5.11 Å². The molecule has 1 heterocycles.